The van der Waals surface area contributed by atoms with Gasteiger partial charge in [-0.15, -0.1) is 0 Å². The van der Waals surface area contributed by atoms with Gasteiger partial charge >= 0.3 is 0 Å². The number of anilines is 2. The second-order valence-electron chi connectivity index (χ2n) is 6.53. The summed E-state index contributed by atoms with van der Waals surface area (Å²) in [4.78, 5) is 12.9. The highest BCUT2D eigenvalue weighted by Gasteiger charge is 2.44. The molecule has 0 amide bonds. The maximum Gasteiger partial charge on any atom is 0.167 e. The van der Waals surface area contributed by atoms with Crippen molar-refractivity contribution in [3.63, 3.8) is 0 Å². The molecular weight excluding hydrogens is 366 g/mol. The Morgan fingerprint density at radius 2 is 1.93 bits per heavy atom. The van der Waals surface area contributed by atoms with Crippen LogP contribution in [0, 0.1) is 0 Å². The van der Waals surface area contributed by atoms with E-state index in [9.17, 15) is 10.2 Å². The van der Waals surface area contributed by atoms with Crippen LogP contribution in [-0.2, 0) is 16.1 Å². The minimum absolute atomic E-state index is 0.0257. The van der Waals surface area contributed by atoms with Crippen LogP contribution in [0.5, 0.6) is 0 Å². The molecule has 1 saturated heterocycles. The van der Waals surface area contributed by atoms with E-state index in [-0.39, 0.29) is 13.2 Å². The lowest BCUT2D eigenvalue weighted by Gasteiger charge is -2.16. The summed E-state index contributed by atoms with van der Waals surface area (Å²) in [6.07, 6.45) is -0.828. The zero-order valence-corrected chi connectivity index (χ0v) is 15.1. The lowest BCUT2D eigenvalue weighted by molar-refractivity contribution is -0.0580. The van der Waals surface area contributed by atoms with Crippen molar-refractivity contribution in [1.82, 2.24) is 19.5 Å². The van der Waals surface area contributed by atoms with Crippen molar-refractivity contribution >= 4 is 22.7 Å². The molecule has 1 fully saturated rings. The summed E-state index contributed by atoms with van der Waals surface area (Å²) in [5.74, 6) is 0.488. The van der Waals surface area contributed by atoms with Crippen molar-refractivity contribution < 1.29 is 24.8 Å². The molecule has 1 aromatic carbocycles. The van der Waals surface area contributed by atoms with Crippen molar-refractivity contribution in [2.24, 2.45) is 0 Å². The third kappa shape index (κ3) is 3.32. The highest BCUT2D eigenvalue weighted by atomic mass is 16.6. The Kier molecular flexibility index (Phi) is 5.20. The molecule has 0 radical (unpaired) electrons. The smallest absolute Gasteiger partial charge is 0.167 e. The SMILES string of the molecule is COC[C@H]1O[C@@H](n2cnc3c(Nc4ccc(CO)cc4)ncnc32)[C@H](O)[C@@H]1O. The van der Waals surface area contributed by atoms with Crippen molar-refractivity contribution in [3.8, 4) is 0 Å². The molecule has 3 aromatic rings. The van der Waals surface area contributed by atoms with E-state index in [0.717, 1.165) is 11.3 Å². The third-order valence-electron chi connectivity index (χ3n) is 4.70. The van der Waals surface area contributed by atoms with Crippen molar-refractivity contribution in [2.75, 3.05) is 19.0 Å². The average molecular weight is 387 g/mol. The molecule has 2 aromatic heterocycles. The minimum Gasteiger partial charge on any atom is -0.392 e. The summed E-state index contributed by atoms with van der Waals surface area (Å²) < 4.78 is 12.4. The zero-order valence-electron chi connectivity index (χ0n) is 15.1. The van der Waals surface area contributed by atoms with Gasteiger partial charge in [-0.05, 0) is 17.7 Å². The number of aliphatic hydroxyl groups is 3. The molecule has 0 bridgehead atoms. The van der Waals surface area contributed by atoms with Crippen LogP contribution in [0.4, 0.5) is 11.5 Å². The number of rotatable bonds is 6. The summed E-state index contributed by atoms with van der Waals surface area (Å²) in [5.41, 5.74) is 2.53. The Bertz CT molecular complexity index is 947. The Morgan fingerprint density at radius 1 is 1.14 bits per heavy atom. The number of ether oxygens (including phenoxy) is 2. The first-order valence-electron chi connectivity index (χ1n) is 8.77. The molecule has 4 atom stereocenters. The first-order valence-corrected chi connectivity index (χ1v) is 8.77. The van der Waals surface area contributed by atoms with E-state index in [1.807, 2.05) is 12.1 Å². The van der Waals surface area contributed by atoms with E-state index in [4.69, 9.17) is 14.6 Å². The molecule has 28 heavy (non-hydrogen) atoms. The predicted octanol–water partition coefficient (Wildman–Crippen LogP) is 0.328. The number of hydrogen-bond donors (Lipinski definition) is 4. The Morgan fingerprint density at radius 3 is 2.64 bits per heavy atom. The lowest BCUT2D eigenvalue weighted by atomic mass is 10.1. The fourth-order valence-electron chi connectivity index (χ4n) is 3.22. The molecule has 1 aliphatic rings. The average Bonchev–Trinajstić information content (AvgIpc) is 3.26. The fraction of sp³-hybridized carbons (Fsp3) is 0.389. The monoisotopic (exact) mass is 387 g/mol. The van der Waals surface area contributed by atoms with Gasteiger partial charge in [0.05, 0.1) is 19.5 Å². The lowest BCUT2D eigenvalue weighted by Crippen LogP contribution is -2.33. The zero-order chi connectivity index (χ0) is 19.7. The number of nitrogens with one attached hydrogen (secondary N) is 1. The van der Waals surface area contributed by atoms with Crippen molar-refractivity contribution in [3.05, 3.63) is 42.5 Å². The Labute approximate surface area is 160 Å². The number of benzene rings is 1. The molecule has 3 heterocycles. The van der Waals surface area contributed by atoms with Gasteiger partial charge < -0.3 is 30.1 Å². The maximum atomic E-state index is 10.4. The number of imidazole rings is 1. The number of methoxy groups -OCH3 is 1. The number of nitrogens with zero attached hydrogens (tertiary/aromatic N) is 4. The standard InChI is InChI=1S/C18H21N5O5/c1-27-7-12-14(25)15(26)18(28-12)23-9-21-13-16(19-8-20-17(13)23)22-11-4-2-10(6-24)3-5-11/h2-5,8-9,12,14-15,18,24-26H,6-7H2,1H3,(H,19,20,22)/t12-,14-,15-,18-/m1/s1. The van der Waals surface area contributed by atoms with Gasteiger partial charge in [0.25, 0.3) is 0 Å². The van der Waals surface area contributed by atoms with Gasteiger partial charge in [-0.2, -0.15) is 0 Å². The fourth-order valence-corrected chi connectivity index (χ4v) is 3.22. The molecular formula is C18H21N5O5. The molecule has 10 nitrogen and oxygen atoms in total. The maximum absolute atomic E-state index is 10.4. The van der Waals surface area contributed by atoms with Crippen LogP contribution in [0.3, 0.4) is 0 Å². The molecule has 0 unspecified atom stereocenters. The van der Waals surface area contributed by atoms with E-state index >= 15 is 0 Å². The molecule has 4 N–H and O–H groups in total. The van der Waals surface area contributed by atoms with Crippen LogP contribution < -0.4 is 5.32 Å². The van der Waals surface area contributed by atoms with Crippen molar-refractivity contribution in [2.45, 2.75) is 31.1 Å². The van der Waals surface area contributed by atoms with Gasteiger partial charge in [0.15, 0.2) is 23.2 Å². The van der Waals surface area contributed by atoms with Crippen molar-refractivity contribution in [1.29, 1.82) is 0 Å². The minimum atomic E-state index is -1.14. The van der Waals surface area contributed by atoms with Crippen LogP contribution >= 0.6 is 0 Å². The second-order valence-corrected chi connectivity index (χ2v) is 6.53. The van der Waals surface area contributed by atoms with Gasteiger partial charge in [0, 0.05) is 12.8 Å². The van der Waals surface area contributed by atoms with Crippen LogP contribution in [0.1, 0.15) is 11.8 Å². The largest absolute Gasteiger partial charge is 0.392 e. The Balaban J connectivity index is 1.63. The summed E-state index contributed by atoms with van der Waals surface area (Å²) in [6, 6.07) is 7.26. The third-order valence-corrected chi connectivity index (χ3v) is 4.70. The van der Waals surface area contributed by atoms with E-state index < -0.39 is 24.5 Å². The van der Waals surface area contributed by atoms with Gasteiger partial charge in [0.1, 0.15) is 24.6 Å². The Hall–Kier alpha value is -2.63. The normalized spacial score (nSPS) is 24.7. The first kappa shape index (κ1) is 18.7. The molecule has 1 aliphatic heterocycles. The molecule has 10 heteroatoms. The van der Waals surface area contributed by atoms with Gasteiger partial charge in [-0.25, -0.2) is 15.0 Å². The summed E-state index contributed by atoms with van der Waals surface area (Å²) >= 11 is 0. The second kappa shape index (κ2) is 7.78. The molecule has 0 saturated carbocycles. The molecule has 4 rings (SSSR count). The first-order chi connectivity index (χ1) is 13.6. The van der Waals surface area contributed by atoms with Gasteiger partial charge in [-0.3, -0.25) is 4.57 Å². The number of aromatic nitrogens is 4. The highest BCUT2D eigenvalue weighted by molar-refractivity contribution is 5.85. The molecule has 0 aliphatic carbocycles. The summed E-state index contributed by atoms with van der Waals surface area (Å²) in [6.45, 7) is 0.134. The number of hydrogen-bond acceptors (Lipinski definition) is 9. The summed E-state index contributed by atoms with van der Waals surface area (Å²) in [5, 5.41) is 32.9. The predicted molar refractivity (Wildman–Crippen MR) is 98.8 cm³/mol. The van der Waals surface area contributed by atoms with Crippen LogP contribution in [-0.4, -0.2) is 66.9 Å². The van der Waals surface area contributed by atoms with Crippen LogP contribution in [0.15, 0.2) is 36.9 Å². The van der Waals surface area contributed by atoms with Crippen LogP contribution in [0.2, 0.25) is 0 Å². The molecule has 0 spiro atoms. The number of aliphatic hydroxyl groups excluding tert-OH is 3. The van der Waals surface area contributed by atoms with E-state index in [1.54, 1.807) is 16.7 Å². The molecule has 148 valence electrons. The van der Waals surface area contributed by atoms with E-state index in [0.29, 0.717) is 17.0 Å². The highest BCUT2D eigenvalue weighted by Crippen LogP contribution is 2.32. The number of fused-ring (bicyclic) bond motifs is 1. The summed E-state index contributed by atoms with van der Waals surface area (Å²) in [7, 11) is 1.50. The van der Waals surface area contributed by atoms with Crippen LogP contribution in [0.25, 0.3) is 11.2 Å². The quantitative estimate of drug-likeness (QED) is 0.472. The van der Waals surface area contributed by atoms with Gasteiger partial charge in [-0.1, -0.05) is 12.1 Å². The topological polar surface area (TPSA) is 135 Å². The van der Waals surface area contributed by atoms with Gasteiger partial charge in [0.2, 0.25) is 0 Å². The van der Waals surface area contributed by atoms with E-state index in [2.05, 4.69) is 20.3 Å². The van der Waals surface area contributed by atoms with E-state index in [1.165, 1.54) is 19.8 Å².